The minimum absolute atomic E-state index is 0.149. The Morgan fingerprint density at radius 3 is 2.00 bits per heavy atom. The maximum atomic E-state index is 5.84. The van der Waals surface area contributed by atoms with E-state index >= 15 is 0 Å². The minimum atomic E-state index is -0.366. The highest BCUT2D eigenvalue weighted by atomic mass is 16.5. The van der Waals surface area contributed by atoms with E-state index in [4.69, 9.17) is 20.9 Å². The molecular formula is C11H24N2O2. The van der Waals surface area contributed by atoms with E-state index in [-0.39, 0.29) is 12.3 Å². The van der Waals surface area contributed by atoms with Gasteiger partial charge in [0.25, 0.3) is 0 Å². The van der Waals surface area contributed by atoms with Gasteiger partial charge in [0.2, 0.25) is 0 Å². The van der Waals surface area contributed by atoms with Crippen molar-refractivity contribution >= 4 is 0 Å². The third-order valence-electron chi connectivity index (χ3n) is 2.78. The van der Waals surface area contributed by atoms with Crippen molar-refractivity contribution in [1.82, 2.24) is 0 Å². The van der Waals surface area contributed by atoms with Gasteiger partial charge in [-0.2, -0.15) is 0 Å². The zero-order valence-corrected chi connectivity index (χ0v) is 9.49. The molecule has 4 heteroatoms. The van der Waals surface area contributed by atoms with Crippen molar-refractivity contribution in [3.05, 3.63) is 0 Å². The summed E-state index contributed by atoms with van der Waals surface area (Å²) in [6.07, 6.45) is 6.74. The van der Waals surface area contributed by atoms with Gasteiger partial charge in [-0.05, 0) is 12.8 Å². The topological polar surface area (TPSA) is 70.5 Å². The molecule has 15 heavy (non-hydrogen) atoms. The van der Waals surface area contributed by atoms with Crippen LogP contribution >= 0.6 is 0 Å². The van der Waals surface area contributed by atoms with Gasteiger partial charge in [0.1, 0.15) is 12.3 Å². The van der Waals surface area contributed by atoms with E-state index in [0.29, 0.717) is 6.54 Å². The molecule has 4 N–H and O–H groups in total. The largest absolute Gasteiger partial charge is 0.373 e. The van der Waals surface area contributed by atoms with Crippen molar-refractivity contribution in [2.75, 3.05) is 19.8 Å². The Bertz CT molecular complexity index is 156. The van der Waals surface area contributed by atoms with Crippen LogP contribution in [0.2, 0.25) is 0 Å². The minimum Gasteiger partial charge on any atom is -0.373 e. The van der Waals surface area contributed by atoms with Gasteiger partial charge < -0.3 is 20.9 Å². The molecule has 0 radical (unpaired) electrons. The highest BCUT2D eigenvalue weighted by Gasteiger charge is 2.17. The van der Waals surface area contributed by atoms with Crippen LogP contribution in [0.25, 0.3) is 0 Å². The lowest BCUT2D eigenvalue weighted by Gasteiger charge is -2.23. The van der Waals surface area contributed by atoms with Gasteiger partial charge in [-0.1, -0.05) is 25.7 Å². The van der Waals surface area contributed by atoms with Gasteiger partial charge in [0, 0.05) is 19.8 Å². The summed E-state index contributed by atoms with van der Waals surface area (Å²) in [5, 5.41) is 0. The fraction of sp³-hybridized carbons (Fsp3) is 1.00. The summed E-state index contributed by atoms with van der Waals surface area (Å²) < 4.78 is 11.1. The summed E-state index contributed by atoms with van der Waals surface area (Å²) in [6.45, 7) is 1.90. The average Bonchev–Trinajstić information content (AvgIpc) is 2.23. The molecule has 1 saturated heterocycles. The SMILES string of the molecule is NCC1OCCCCCCCCOC1N. The highest BCUT2D eigenvalue weighted by Crippen LogP contribution is 2.09. The van der Waals surface area contributed by atoms with Gasteiger partial charge in [-0.15, -0.1) is 0 Å². The Hall–Kier alpha value is -0.160. The van der Waals surface area contributed by atoms with Gasteiger partial charge >= 0.3 is 0 Å². The van der Waals surface area contributed by atoms with Crippen LogP contribution in [-0.4, -0.2) is 32.1 Å². The molecule has 0 amide bonds. The van der Waals surface area contributed by atoms with Crippen LogP contribution < -0.4 is 11.5 Å². The van der Waals surface area contributed by atoms with Gasteiger partial charge in [0.15, 0.2) is 0 Å². The van der Waals surface area contributed by atoms with Gasteiger partial charge in [-0.25, -0.2) is 0 Å². The highest BCUT2D eigenvalue weighted by molar-refractivity contribution is 4.66. The van der Waals surface area contributed by atoms with Gasteiger partial charge in [0.05, 0.1) is 0 Å². The molecular weight excluding hydrogens is 192 g/mol. The van der Waals surface area contributed by atoms with Crippen LogP contribution in [-0.2, 0) is 9.47 Å². The molecule has 0 aromatic carbocycles. The maximum absolute atomic E-state index is 5.84. The summed E-state index contributed by atoms with van der Waals surface area (Å²) in [6, 6.07) is 0. The molecule has 4 nitrogen and oxygen atoms in total. The second-order valence-electron chi connectivity index (χ2n) is 4.10. The number of hydrogen-bond donors (Lipinski definition) is 2. The summed E-state index contributed by atoms with van der Waals surface area (Å²) in [7, 11) is 0. The fourth-order valence-electron chi connectivity index (χ4n) is 1.77. The van der Waals surface area contributed by atoms with Crippen LogP contribution in [0.3, 0.4) is 0 Å². The lowest BCUT2D eigenvalue weighted by molar-refractivity contribution is -0.0684. The monoisotopic (exact) mass is 216 g/mol. The first-order valence-corrected chi connectivity index (χ1v) is 6.03. The van der Waals surface area contributed by atoms with Crippen molar-refractivity contribution in [3.63, 3.8) is 0 Å². The molecule has 0 aliphatic carbocycles. The summed E-state index contributed by atoms with van der Waals surface area (Å²) in [4.78, 5) is 0. The normalized spacial score (nSPS) is 31.6. The predicted molar refractivity (Wildman–Crippen MR) is 60.4 cm³/mol. The lowest BCUT2D eigenvalue weighted by atomic mass is 10.1. The first kappa shape index (κ1) is 12.9. The number of nitrogens with two attached hydrogens (primary N) is 2. The molecule has 0 bridgehead atoms. The van der Waals surface area contributed by atoms with Crippen molar-refractivity contribution in [2.45, 2.75) is 50.9 Å². The Morgan fingerprint density at radius 2 is 1.40 bits per heavy atom. The van der Waals surface area contributed by atoms with E-state index in [0.717, 1.165) is 26.1 Å². The van der Waals surface area contributed by atoms with Crippen LogP contribution in [0, 0.1) is 0 Å². The first-order chi connectivity index (χ1) is 7.34. The molecule has 0 spiro atoms. The van der Waals surface area contributed by atoms with E-state index in [1.807, 2.05) is 0 Å². The first-order valence-electron chi connectivity index (χ1n) is 6.03. The fourth-order valence-corrected chi connectivity index (χ4v) is 1.77. The molecule has 0 aromatic heterocycles. The van der Waals surface area contributed by atoms with Gasteiger partial charge in [-0.3, -0.25) is 0 Å². The third-order valence-corrected chi connectivity index (χ3v) is 2.78. The van der Waals surface area contributed by atoms with E-state index in [2.05, 4.69) is 0 Å². The zero-order chi connectivity index (χ0) is 10.9. The maximum Gasteiger partial charge on any atom is 0.133 e. The molecule has 2 atom stereocenters. The molecule has 1 heterocycles. The molecule has 0 saturated carbocycles. The smallest absolute Gasteiger partial charge is 0.133 e. The van der Waals surface area contributed by atoms with E-state index in [9.17, 15) is 0 Å². The van der Waals surface area contributed by atoms with E-state index in [1.165, 1.54) is 25.7 Å². The summed E-state index contributed by atoms with van der Waals surface area (Å²) in [5.41, 5.74) is 11.4. The Kier molecular flexibility index (Phi) is 6.92. The number of ether oxygens (including phenoxy) is 2. The molecule has 90 valence electrons. The van der Waals surface area contributed by atoms with E-state index in [1.54, 1.807) is 0 Å². The molecule has 2 unspecified atom stereocenters. The van der Waals surface area contributed by atoms with Crippen molar-refractivity contribution < 1.29 is 9.47 Å². The van der Waals surface area contributed by atoms with E-state index < -0.39 is 0 Å². The molecule has 1 rings (SSSR count). The molecule has 1 fully saturated rings. The Balaban J connectivity index is 2.30. The molecule has 1 aliphatic rings. The number of rotatable bonds is 1. The summed E-state index contributed by atoms with van der Waals surface area (Å²) >= 11 is 0. The molecule has 1 aliphatic heterocycles. The van der Waals surface area contributed by atoms with Crippen LogP contribution in [0.4, 0.5) is 0 Å². The zero-order valence-electron chi connectivity index (χ0n) is 9.49. The second-order valence-corrected chi connectivity index (χ2v) is 4.10. The van der Waals surface area contributed by atoms with Crippen LogP contribution in [0.15, 0.2) is 0 Å². The van der Waals surface area contributed by atoms with Crippen LogP contribution in [0.1, 0.15) is 38.5 Å². The Labute approximate surface area is 92.3 Å². The van der Waals surface area contributed by atoms with Crippen molar-refractivity contribution in [3.8, 4) is 0 Å². The quantitative estimate of drug-likeness (QED) is 0.685. The summed E-state index contributed by atoms with van der Waals surface area (Å²) in [5.74, 6) is 0. The standard InChI is InChI=1S/C11H24N2O2/c12-9-10-11(13)15-8-6-4-2-1-3-5-7-14-10/h10-11H,1-9,12-13H2. The second kappa shape index (κ2) is 8.05. The average molecular weight is 216 g/mol. The lowest BCUT2D eigenvalue weighted by Crippen LogP contribution is -2.44. The van der Waals surface area contributed by atoms with Crippen LogP contribution in [0.5, 0.6) is 0 Å². The third kappa shape index (κ3) is 5.47. The van der Waals surface area contributed by atoms with Crippen molar-refractivity contribution in [2.24, 2.45) is 11.5 Å². The molecule has 0 aromatic rings. The predicted octanol–water partition coefficient (Wildman–Crippen LogP) is 0.986. The van der Waals surface area contributed by atoms with Crippen molar-refractivity contribution in [1.29, 1.82) is 0 Å². The Morgan fingerprint density at radius 1 is 0.867 bits per heavy atom. The number of hydrogen-bond acceptors (Lipinski definition) is 4.